The molecule has 1 heterocycles. The summed E-state index contributed by atoms with van der Waals surface area (Å²) in [5.41, 5.74) is 1.10. The van der Waals surface area contributed by atoms with Crippen molar-refractivity contribution >= 4 is 43.3 Å². The van der Waals surface area contributed by atoms with Gasteiger partial charge in [0, 0.05) is 28.6 Å². The Morgan fingerprint density at radius 3 is 2.91 bits per heavy atom. The van der Waals surface area contributed by atoms with Crippen molar-refractivity contribution in [2.75, 3.05) is 24.6 Å². The van der Waals surface area contributed by atoms with Crippen LogP contribution in [0.4, 0.5) is 0 Å². The Morgan fingerprint density at radius 2 is 2.26 bits per heavy atom. The highest BCUT2D eigenvalue weighted by atomic mass is 79.9. The molecule has 1 aromatic rings. The highest BCUT2D eigenvalue weighted by Crippen LogP contribution is 2.21. The van der Waals surface area contributed by atoms with Gasteiger partial charge in [-0.05, 0) is 43.5 Å². The average molecular weight is 423 g/mol. The van der Waals surface area contributed by atoms with Gasteiger partial charge in [0.05, 0.1) is 11.5 Å². The van der Waals surface area contributed by atoms with Crippen molar-refractivity contribution in [3.63, 3.8) is 0 Å². The Bertz CT molecular complexity index is 679. The Morgan fingerprint density at radius 1 is 1.48 bits per heavy atom. The van der Waals surface area contributed by atoms with E-state index in [2.05, 4.69) is 31.6 Å². The van der Waals surface area contributed by atoms with Gasteiger partial charge in [-0.15, -0.1) is 0 Å². The van der Waals surface area contributed by atoms with Gasteiger partial charge in [0.15, 0.2) is 15.8 Å². The maximum atomic E-state index is 11.5. The molecule has 2 N–H and O–H groups in total. The number of nitrogens with one attached hydrogen (secondary N) is 2. The van der Waals surface area contributed by atoms with Crippen molar-refractivity contribution in [1.82, 2.24) is 10.6 Å². The van der Waals surface area contributed by atoms with Gasteiger partial charge in [-0.25, -0.2) is 8.42 Å². The largest absolute Gasteiger partial charge is 0.357 e. The predicted octanol–water partition coefficient (Wildman–Crippen LogP) is 2.39. The number of hydrogen-bond donors (Lipinski definition) is 2. The Balaban J connectivity index is 1.94. The van der Waals surface area contributed by atoms with Crippen LogP contribution in [0.5, 0.6) is 0 Å². The molecule has 1 atom stereocenters. The molecular formula is C15H21BrClN3O2S. The highest BCUT2D eigenvalue weighted by Gasteiger charge is 2.28. The van der Waals surface area contributed by atoms with Crippen molar-refractivity contribution in [1.29, 1.82) is 0 Å². The summed E-state index contributed by atoms with van der Waals surface area (Å²) in [6.07, 6.45) is 1.38. The van der Waals surface area contributed by atoms with Crippen LogP contribution in [0.3, 0.4) is 0 Å². The van der Waals surface area contributed by atoms with E-state index in [0.717, 1.165) is 23.0 Å². The molecule has 1 saturated heterocycles. The average Bonchev–Trinajstić information content (AvgIpc) is 2.82. The van der Waals surface area contributed by atoms with Gasteiger partial charge in [0.1, 0.15) is 0 Å². The summed E-state index contributed by atoms with van der Waals surface area (Å²) in [5, 5.41) is 7.06. The predicted molar refractivity (Wildman–Crippen MR) is 99.0 cm³/mol. The second kappa shape index (κ2) is 8.35. The molecule has 0 radical (unpaired) electrons. The number of nitrogens with zero attached hydrogens (tertiary/aromatic N) is 1. The molecule has 23 heavy (non-hydrogen) atoms. The topological polar surface area (TPSA) is 70.6 Å². The molecular weight excluding hydrogens is 402 g/mol. The van der Waals surface area contributed by atoms with E-state index in [4.69, 9.17) is 11.6 Å². The molecule has 1 aliphatic heterocycles. The molecule has 1 aliphatic rings. The number of benzene rings is 1. The van der Waals surface area contributed by atoms with E-state index in [1.54, 1.807) is 0 Å². The van der Waals surface area contributed by atoms with E-state index in [0.29, 0.717) is 23.9 Å². The molecule has 5 nitrogen and oxygen atoms in total. The van der Waals surface area contributed by atoms with Gasteiger partial charge in [-0.3, -0.25) is 4.99 Å². The summed E-state index contributed by atoms with van der Waals surface area (Å²) < 4.78 is 24.1. The van der Waals surface area contributed by atoms with Crippen LogP contribution in [0.1, 0.15) is 18.9 Å². The summed E-state index contributed by atoms with van der Waals surface area (Å²) in [5.74, 6) is 1.09. The standard InChI is InChI=1S/C15H21BrClN3O2S/c1-2-18-15(20-13-6-8-23(21,22)10-13)19-7-5-11-9-12(17)3-4-14(11)16/h3-4,9,13H,2,5-8,10H2,1H3,(H2,18,19,20). The van der Waals surface area contributed by atoms with Crippen LogP contribution in [-0.4, -0.2) is 45.0 Å². The third kappa shape index (κ3) is 5.97. The summed E-state index contributed by atoms with van der Waals surface area (Å²) in [4.78, 5) is 4.53. The van der Waals surface area contributed by atoms with Gasteiger partial charge in [-0.2, -0.15) is 0 Å². The van der Waals surface area contributed by atoms with Gasteiger partial charge in [0.25, 0.3) is 0 Å². The minimum Gasteiger partial charge on any atom is -0.357 e. The summed E-state index contributed by atoms with van der Waals surface area (Å²) in [7, 11) is -2.90. The summed E-state index contributed by atoms with van der Waals surface area (Å²) >= 11 is 9.52. The normalized spacial score (nSPS) is 20.5. The Labute approximate surface area is 151 Å². The van der Waals surface area contributed by atoms with E-state index in [-0.39, 0.29) is 17.5 Å². The number of sulfone groups is 1. The molecule has 1 aromatic carbocycles. The van der Waals surface area contributed by atoms with Gasteiger partial charge < -0.3 is 10.6 Å². The SMILES string of the molecule is CCNC(=NCCc1cc(Cl)ccc1Br)NC1CCS(=O)(=O)C1. The second-order valence-corrected chi connectivity index (χ2v) is 9.01. The van der Waals surface area contributed by atoms with Crippen LogP contribution in [0.25, 0.3) is 0 Å². The zero-order valence-electron chi connectivity index (χ0n) is 13.0. The first-order valence-electron chi connectivity index (χ1n) is 7.59. The zero-order valence-corrected chi connectivity index (χ0v) is 16.1. The smallest absolute Gasteiger partial charge is 0.191 e. The van der Waals surface area contributed by atoms with Crippen LogP contribution in [-0.2, 0) is 16.3 Å². The van der Waals surface area contributed by atoms with Crippen molar-refractivity contribution in [3.8, 4) is 0 Å². The molecule has 2 rings (SSSR count). The van der Waals surface area contributed by atoms with E-state index >= 15 is 0 Å². The lowest BCUT2D eigenvalue weighted by Gasteiger charge is -2.15. The molecule has 1 unspecified atom stereocenters. The number of halogens is 2. The first kappa shape index (κ1) is 18.5. The molecule has 0 aromatic heterocycles. The molecule has 0 saturated carbocycles. The minimum atomic E-state index is -2.90. The molecule has 1 fully saturated rings. The fourth-order valence-corrected chi connectivity index (χ4v) is 4.76. The lowest BCUT2D eigenvalue weighted by Crippen LogP contribution is -2.44. The summed E-state index contributed by atoms with van der Waals surface area (Å²) in [6, 6.07) is 5.62. The number of guanidine groups is 1. The molecule has 8 heteroatoms. The fourth-order valence-electron chi connectivity index (χ4n) is 2.45. The monoisotopic (exact) mass is 421 g/mol. The van der Waals surface area contributed by atoms with Gasteiger partial charge in [0.2, 0.25) is 0 Å². The van der Waals surface area contributed by atoms with Gasteiger partial charge >= 0.3 is 0 Å². The highest BCUT2D eigenvalue weighted by molar-refractivity contribution is 9.10. The van der Waals surface area contributed by atoms with Crippen molar-refractivity contribution < 1.29 is 8.42 Å². The number of rotatable bonds is 5. The van der Waals surface area contributed by atoms with Crippen LogP contribution in [0, 0.1) is 0 Å². The van der Waals surface area contributed by atoms with Crippen LogP contribution in [0.15, 0.2) is 27.7 Å². The number of hydrogen-bond acceptors (Lipinski definition) is 3. The zero-order chi connectivity index (χ0) is 16.9. The van der Waals surface area contributed by atoms with Crippen molar-refractivity contribution in [3.05, 3.63) is 33.3 Å². The van der Waals surface area contributed by atoms with E-state index in [1.165, 1.54) is 0 Å². The van der Waals surface area contributed by atoms with Crippen molar-refractivity contribution in [2.45, 2.75) is 25.8 Å². The van der Waals surface area contributed by atoms with Crippen LogP contribution in [0.2, 0.25) is 5.02 Å². The van der Waals surface area contributed by atoms with E-state index < -0.39 is 9.84 Å². The third-order valence-corrected chi connectivity index (χ3v) is 6.35. The summed E-state index contributed by atoms with van der Waals surface area (Å²) in [6.45, 7) is 3.30. The van der Waals surface area contributed by atoms with Crippen LogP contribution < -0.4 is 10.6 Å². The Kier molecular flexibility index (Phi) is 6.73. The molecule has 0 spiro atoms. The minimum absolute atomic E-state index is 0.0595. The first-order valence-corrected chi connectivity index (χ1v) is 10.6. The lowest BCUT2D eigenvalue weighted by molar-refractivity contribution is 0.599. The second-order valence-electron chi connectivity index (χ2n) is 5.49. The van der Waals surface area contributed by atoms with Crippen molar-refractivity contribution in [2.24, 2.45) is 4.99 Å². The van der Waals surface area contributed by atoms with E-state index in [9.17, 15) is 8.42 Å². The fraction of sp³-hybridized carbons (Fsp3) is 0.533. The third-order valence-electron chi connectivity index (χ3n) is 3.58. The number of aliphatic imine (C=N–C) groups is 1. The lowest BCUT2D eigenvalue weighted by atomic mass is 10.1. The maximum absolute atomic E-state index is 11.5. The quantitative estimate of drug-likeness (QED) is 0.564. The maximum Gasteiger partial charge on any atom is 0.191 e. The molecule has 0 aliphatic carbocycles. The first-order chi connectivity index (χ1) is 10.9. The molecule has 0 bridgehead atoms. The van der Waals surface area contributed by atoms with Crippen LogP contribution >= 0.6 is 27.5 Å². The molecule has 128 valence electrons. The van der Waals surface area contributed by atoms with Gasteiger partial charge in [-0.1, -0.05) is 27.5 Å². The Hall–Kier alpha value is -0.790. The van der Waals surface area contributed by atoms with E-state index in [1.807, 2.05) is 25.1 Å². The molecule has 0 amide bonds.